The Morgan fingerprint density at radius 1 is 1.31 bits per heavy atom. The molecule has 0 saturated carbocycles. The second kappa shape index (κ2) is 2.81. The van der Waals surface area contributed by atoms with E-state index in [1.165, 1.54) is 14.0 Å². The summed E-state index contributed by atoms with van der Waals surface area (Å²) in [6, 6.07) is 0. The number of nitrogens with zero attached hydrogens (tertiary/aromatic N) is 4. The summed E-state index contributed by atoms with van der Waals surface area (Å²) in [5, 5.41) is 24.1. The van der Waals surface area contributed by atoms with Gasteiger partial charge in [-0.3, -0.25) is 0 Å². The highest BCUT2D eigenvalue weighted by atomic mass is 16.6. The fraction of sp³-hybridized carbons (Fsp3) is 0.400. The molecule has 1 rings (SSSR count). The third-order valence-electron chi connectivity index (χ3n) is 1.57. The van der Waals surface area contributed by atoms with Crippen LogP contribution in [0.2, 0.25) is 0 Å². The Balaban J connectivity index is 3.39. The van der Waals surface area contributed by atoms with Crippen molar-refractivity contribution in [3.63, 3.8) is 0 Å². The van der Waals surface area contributed by atoms with Gasteiger partial charge < -0.3 is 20.2 Å². The quantitative estimate of drug-likeness (QED) is 0.495. The molecule has 8 heteroatoms. The minimum atomic E-state index is -0.748. The summed E-state index contributed by atoms with van der Waals surface area (Å²) in [5.74, 6) is -0.832. The topological polar surface area (TPSA) is 104 Å². The van der Waals surface area contributed by atoms with Crippen LogP contribution >= 0.6 is 0 Å². The molecular formula is C5H6N4O4. The summed E-state index contributed by atoms with van der Waals surface area (Å²) in [6.07, 6.45) is 0. The van der Waals surface area contributed by atoms with Gasteiger partial charge in [0, 0.05) is 0 Å². The number of rotatable bonds is 2. The molecule has 0 atom stereocenters. The smallest absolute Gasteiger partial charge is 0.358 e. The molecular weight excluding hydrogens is 180 g/mol. The Labute approximate surface area is 72.1 Å². The summed E-state index contributed by atoms with van der Waals surface area (Å²) in [6.45, 7) is 1.29. The van der Waals surface area contributed by atoms with Crippen molar-refractivity contribution in [2.24, 2.45) is 7.05 Å². The van der Waals surface area contributed by atoms with E-state index < -0.39 is 15.7 Å². The van der Waals surface area contributed by atoms with Gasteiger partial charge in [0.15, 0.2) is 0 Å². The third kappa shape index (κ3) is 1.33. The van der Waals surface area contributed by atoms with Crippen LogP contribution in [0.15, 0.2) is 0 Å². The first-order valence-electron chi connectivity index (χ1n) is 3.27. The molecule has 0 fully saturated rings. The maximum Gasteiger partial charge on any atom is 0.423 e. The average molecular weight is 186 g/mol. The Kier molecular flexibility index (Phi) is 1.97. The largest absolute Gasteiger partial charge is 0.423 e. The lowest BCUT2D eigenvalue weighted by Gasteiger charge is -1.90. The Morgan fingerprint density at radius 3 is 2.08 bits per heavy atom. The van der Waals surface area contributed by atoms with Crippen molar-refractivity contribution in [2.75, 3.05) is 0 Å². The van der Waals surface area contributed by atoms with Crippen LogP contribution in [0, 0.1) is 27.2 Å². The van der Waals surface area contributed by atoms with E-state index in [1.807, 2.05) is 0 Å². The summed E-state index contributed by atoms with van der Waals surface area (Å²) in [7, 11) is 1.29. The Bertz CT molecular complexity index is 382. The molecule has 70 valence electrons. The number of aromatic nitrogens is 2. The van der Waals surface area contributed by atoms with E-state index >= 15 is 0 Å². The second-order valence-corrected chi connectivity index (χ2v) is 2.41. The van der Waals surface area contributed by atoms with Gasteiger partial charge in [-0.05, 0) is 21.5 Å². The van der Waals surface area contributed by atoms with Gasteiger partial charge in [-0.15, -0.1) is 0 Å². The molecule has 0 saturated heterocycles. The molecule has 1 aromatic rings. The number of hydrogen-bond acceptors (Lipinski definition) is 5. The van der Waals surface area contributed by atoms with E-state index in [9.17, 15) is 20.2 Å². The first kappa shape index (κ1) is 9.10. The lowest BCUT2D eigenvalue weighted by atomic mass is 10.3. The van der Waals surface area contributed by atoms with Crippen molar-refractivity contribution in [3.8, 4) is 0 Å². The molecule has 1 aromatic heterocycles. The summed E-state index contributed by atoms with van der Waals surface area (Å²) >= 11 is 0. The highest BCUT2D eigenvalue weighted by Crippen LogP contribution is 2.25. The zero-order chi connectivity index (χ0) is 10.2. The van der Waals surface area contributed by atoms with E-state index in [4.69, 9.17) is 0 Å². The lowest BCUT2D eigenvalue weighted by Crippen LogP contribution is -1.99. The summed E-state index contributed by atoms with van der Waals surface area (Å²) in [5.41, 5.74) is -0.0301. The zero-order valence-corrected chi connectivity index (χ0v) is 6.92. The van der Waals surface area contributed by atoms with E-state index in [-0.39, 0.29) is 11.4 Å². The fourth-order valence-electron chi connectivity index (χ4n) is 1.04. The van der Waals surface area contributed by atoms with E-state index in [2.05, 4.69) is 5.10 Å². The van der Waals surface area contributed by atoms with E-state index in [0.29, 0.717) is 0 Å². The molecule has 0 unspecified atom stereocenters. The maximum atomic E-state index is 10.4. The van der Waals surface area contributed by atoms with Crippen molar-refractivity contribution >= 4 is 11.6 Å². The molecule has 0 amide bonds. The monoisotopic (exact) mass is 186 g/mol. The number of nitro groups is 2. The molecule has 8 nitrogen and oxygen atoms in total. The van der Waals surface area contributed by atoms with Crippen molar-refractivity contribution in [1.82, 2.24) is 9.78 Å². The van der Waals surface area contributed by atoms with Crippen molar-refractivity contribution in [2.45, 2.75) is 6.92 Å². The lowest BCUT2D eigenvalue weighted by molar-refractivity contribution is -0.396. The summed E-state index contributed by atoms with van der Waals surface area (Å²) < 4.78 is 0.882. The van der Waals surface area contributed by atoms with Crippen LogP contribution in [0.1, 0.15) is 5.56 Å². The molecule has 0 bridgehead atoms. The van der Waals surface area contributed by atoms with Gasteiger partial charge in [0.05, 0.1) is 0 Å². The molecule has 0 N–H and O–H groups in total. The number of aryl methyl sites for hydroxylation is 1. The fourth-order valence-corrected chi connectivity index (χ4v) is 1.04. The van der Waals surface area contributed by atoms with Gasteiger partial charge in [0.2, 0.25) is 0 Å². The van der Waals surface area contributed by atoms with Crippen molar-refractivity contribution in [1.29, 1.82) is 0 Å². The molecule has 0 spiro atoms. The molecule has 0 aromatic carbocycles. The van der Waals surface area contributed by atoms with Crippen LogP contribution < -0.4 is 0 Å². The van der Waals surface area contributed by atoms with E-state index in [1.54, 1.807) is 0 Å². The van der Waals surface area contributed by atoms with Gasteiger partial charge in [-0.2, -0.15) is 0 Å². The van der Waals surface area contributed by atoms with Crippen molar-refractivity contribution in [3.05, 3.63) is 25.8 Å². The Hall–Kier alpha value is -1.99. The van der Waals surface area contributed by atoms with Gasteiger partial charge in [-0.1, -0.05) is 0 Å². The number of hydrogen-bond donors (Lipinski definition) is 0. The minimum absolute atomic E-state index is 0.0301. The van der Waals surface area contributed by atoms with Crippen LogP contribution in [0.25, 0.3) is 0 Å². The molecule has 0 radical (unpaired) electrons. The predicted molar refractivity (Wildman–Crippen MR) is 41.3 cm³/mol. The van der Waals surface area contributed by atoms with Gasteiger partial charge >= 0.3 is 11.6 Å². The summed E-state index contributed by atoms with van der Waals surface area (Å²) in [4.78, 5) is 19.3. The van der Waals surface area contributed by atoms with Crippen LogP contribution in [-0.4, -0.2) is 19.6 Å². The van der Waals surface area contributed by atoms with Gasteiger partial charge in [-0.25, -0.2) is 0 Å². The highest BCUT2D eigenvalue weighted by molar-refractivity contribution is 5.44. The average Bonchev–Trinajstić information content (AvgIpc) is 2.26. The normalized spacial score (nSPS) is 10.0. The maximum absolute atomic E-state index is 10.4. The van der Waals surface area contributed by atoms with Crippen LogP contribution in [0.3, 0.4) is 0 Å². The molecule has 1 heterocycles. The van der Waals surface area contributed by atoms with Gasteiger partial charge in [0.1, 0.15) is 17.7 Å². The SMILES string of the molecule is Cc1c([N+](=O)[O-])nn(C)c1[N+](=O)[O-]. The Morgan fingerprint density at radius 2 is 1.85 bits per heavy atom. The van der Waals surface area contributed by atoms with Crippen molar-refractivity contribution < 1.29 is 9.85 Å². The first-order valence-corrected chi connectivity index (χ1v) is 3.27. The van der Waals surface area contributed by atoms with Crippen LogP contribution in [0.5, 0.6) is 0 Å². The zero-order valence-electron chi connectivity index (χ0n) is 6.92. The van der Waals surface area contributed by atoms with Crippen LogP contribution in [-0.2, 0) is 7.05 Å². The first-order chi connectivity index (χ1) is 5.95. The predicted octanol–water partition coefficient (Wildman–Crippen LogP) is 0.545. The third-order valence-corrected chi connectivity index (χ3v) is 1.57. The molecule has 13 heavy (non-hydrogen) atoms. The standard InChI is InChI=1S/C5H6N4O4/c1-3-4(8(10)11)6-7(2)5(3)9(12)13/h1-2H3. The molecule has 0 aliphatic rings. The molecule has 0 aliphatic carbocycles. The molecule has 0 aliphatic heterocycles. The van der Waals surface area contributed by atoms with Crippen LogP contribution in [0.4, 0.5) is 11.6 Å². The minimum Gasteiger partial charge on any atom is -0.358 e. The van der Waals surface area contributed by atoms with E-state index in [0.717, 1.165) is 4.68 Å². The highest BCUT2D eigenvalue weighted by Gasteiger charge is 2.31. The second-order valence-electron chi connectivity index (χ2n) is 2.41. The van der Waals surface area contributed by atoms with Gasteiger partial charge in [0.25, 0.3) is 0 Å².